The predicted molar refractivity (Wildman–Crippen MR) is 63.5 cm³/mol. The number of halogens is 2. The maximum absolute atomic E-state index is 10.9. The summed E-state index contributed by atoms with van der Waals surface area (Å²) in [6.07, 6.45) is 0.216. The van der Waals surface area contributed by atoms with E-state index in [0.717, 1.165) is 5.56 Å². The van der Waals surface area contributed by atoms with Gasteiger partial charge in [-0.25, -0.2) is 0 Å². The van der Waals surface area contributed by atoms with Gasteiger partial charge in [0.05, 0.1) is 23.6 Å². The van der Waals surface area contributed by atoms with Crippen LogP contribution in [0.25, 0.3) is 0 Å². The third-order valence-electron chi connectivity index (χ3n) is 1.56. The van der Waals surface area contributed by atoms with Crippen LogP contribution in [0.3, 0.4) is 0 Å². The second-order valence-corrected chi connectivity index (χ2v) is 3.32. The van der Waals surface area contributed by atoms with E-state index in [1.165, 1.54) is 7.11 Å². The van der Waals surface area contributed by atoms with Crippen LogP contribution in [-0.4, -0.2) is 13.1 Å². The molecule has 0 aromatic heterocycles. The smallest absolute Gasteiger partial charge is 0.309 e. The molecular formula is C11H14Cl2O2. The monoisotopic (exact) mass is 248 g/mol. The van der Waals surface area contributed by atoms with E-state index < -0.39 is 0 Å². The van der Waals surface area contributed by atoms with Crippen molar-refractivity contribution in [2.24, 2.45) is 0 Å². The Balaban J connectivity index is 0.000000921. The predicted octanol–water partition coefficient (Wildman–Crippen LogP) is 3.74. The lowest BCUT2D eigenvalue weighted by Gasteiger charge is -2.01. The average molecular weight is 249 g/mol. The van der Waals surface area contributed by atoms with Crippen molar-refractivity contribution in [3.05, 3.63) is 33.8 Å². The van der Waals surface area contributed by atoms with Gasteiger partial charge in [0.1, 0.15) is 0 Å². The second-order valence-electron chi connectivity index (χ2n) is 2.50. The molecule has 4 heteroatoms. The Hall–Kier alpha value is -0.730. The molecule has 0 heterocycles. The fourth-order valence-electron chi connectivity index (χ4n) is 0.888. The minimum absolute atomic E-state index is 0.216. The molecular weight excluding hydrogens is 235 g/mol. The van der Waals surface area contributed by atoms with Gasteiger partial charge in [-0.1, -0.05) is 43.1 Å². The van der Waals surface area contributed by atoms with E-state index in [2.05, 4.69) is 4.74 Å². The molecule has 0 atom stereocenters. The summed E-state index contributed by atoms with van der Waals surface area (Å²) < 4.78 is 4.51. The first-order valence-corrected chi connectivity index (χ1v) is 5.40. The van der Waals surface area contributed by atoms with E-state index in [1.807, 2.05) is 13.8 Å². The van der Waals surface area contributed by atoms with Gasteiger partial charge in [-0.3, -0.25) is 4.79 Å². The SMILES string of the molecule is CC.COC(=O)Cc1ccc(Cl)c(Cl)c1. The number of carbonyl (C=O) groups excluding carboxylic acids is 1. The molecule has 1 rings (SSSR count). The van der Waals surface area contributed by atoms with Gasteiger partial charge in [0, 0.05) is 0 Å². The van der Waals surface area contributed by atoms with Crippen LogP contribution in [0.4, 0.5) is 0 Å². The van der Waals surface area contributed by atoms with E-state index in [9.17, 15) is 4.79 Å². The molecule has 0 spiro atoms. The minimum atomic E-state index is -0.293. The van der Waals surface area contributed by atoms with E-state index in [1.54, 1.807) is 18.2 Å². The van der Waals surface area contributed by atoms with Gasteiger partial charge in [0.15, 0.2) is 0 Å². The van der Waals surface area contributed by atoms with Crippen molar-refractivity contribution < 1.29 is 9.53 Å². The second kappa shape index (κ2) is 7.55. The van der Waals surface area contributed by atoms with E-state index >= 15 is 0 Å². The zero-order chi connectivity index (χ0) is 11.8. The Bertz CT molecular complexity index is 324. The topological polar surface area (TPSA) is 26.3 Å². The molecule has 1 aromatic rings. The number of rotatable bonds is 2. The molecule has 2 nitrogen and oxygen atoms in total. The number of hydrogen-bond acceptors (Lipinski definition) is 2. The van der Waals surface area contributed by atoms with Crippen LogP contribution in [0.15, 0.2) is 18.2 Å². The van der Waals surface area contributed by atoms with Crippen LogP contribution in [0.1, 0.15) is 19.4 Å². The Labute approximate surface area is 100 Å². The Morgan fingerprint density at radius 1 is 1.27 bits per heavy atom. The van der Waals surface area contributed by atoms with Gasteiger partial charge in [0.25, 0.3) is 0 Å². The molecule has 15 heavy (non-hydrogen) atoms. The number of carbonyl (C=O) groups is 1. The lowest BCUT2D eigenvalue weighted by atomic mass is 10.1. The van der Waals surface area contributed by atoms with Crippen LogP contribution in [0.5, 0.6) is 0 Å². The molecule has 0 aliphatic rings. The highest BCUT2D eigenvalue weighted by molar-refractivity contribution is 6.42. The highest BCUT2D eigenvalue weighted by atomic mass is 35.5. The Morgan fingerprint density at radius 2 is 1.87 bits per heavy atom. The Morgan fingerprint density at radius 3 is 2.33 bits per heavy atom. The average Bonchev–Trinajstić information content (AvgIpc) is 2.26. The van der Waals surface area contributed by atoms with Crippen molar-refractivity contribution in [1.82, 2.24) is 0 Å². The van der Waals surface area contributed by atoms with Gasteiger partial charge in [-0.2, -0.15) is 0 Å². The summed E-state index contributed by atoms with van der Waals surface area (Å²) in [6.45, 7) is 4.00. The zero-order valence-electron chi connectivity index (χ0n) is 9.01. The molecule has 84 valence electrons. The highest BCUT2D eigenvalue weighted by Gasteiger charge is 2.04. The van der Waals surface area contributed by atoms with Crippen LogP contribution in [-0.2, 0) is 16.0 Å². The summed E-state index contributed by atoms with van der Waals surface area (Å²) in [4.78, 5) is 10.9. The maximum Gasteiger partial charge on any atom is 0.309 e. The molecule has 0 fully saturated rings. The van der Waals surface area contributed by atoms with Crippen molar-refractivity contribution in [1.29, 1.82) is 0 Å². The first-order valence-electron chi connectivity index (χ1n) is 4.64. The molecule has 0 bridgehead atoms. The van der Waals surface area contributed by atoms with Gasteiger partial charge < -0.3 is 4.74 Å². The summed E-state index contributed by atoms with van der Waals surface area (Å²) in [7, 11) is 1.35. The summed E-state index contributed by atoms with van der Waals surface area (Å²) >= 11 is 11.5. The van der Waals surface area contributed by atoms with Crippen LogP contribution >= 0.6 is 23.2 Å². The third-order valence-corrected chi connectivity index (χ3v) is 2.30. The van der Waals surface area contributed by atoms with Gasteiger partial charge in [-0.05, 0) is 17.7 Å². The molecule has 0 N–H and O–H groups in total. The molecule has 0 unspecified atom stereocenters. The van der Waals surface area contributed by atoms with Gasteiger partial charge >= 0.3 is 5.97 Å². The van der Waals surface area contributed by atoms with Crippen LogP contribution < -0.4 is 0 Å². The molecule has 0 amide bonds. The van der Waals surface area contributed by atoms with Gasteiger partial charge in [0.2, 0.25) is 0 Å². The summed E-state index contributed by atoms with van der Waals surface area (Å²) in [5, 5.41) is 0.929. The van der Waals surface area contributed by atoms with Crippen molar-refractivity contribution in [2.45, 2.75) is 20.3 Å². The number of ether oxygens (including phenoxy) is 1. The number of methoxy groups -OCH3 is 1. The van der Waals surface area contributed by atoms with Crippen LogP contribution in [0.2, 0.25) is 10.0 Å². The van der Waals surface area contributed by atoms with E-state index in [4.69, 9.17) is 23.2 Å². The fourth-order valence-corrected chi connectivity index (χ4v) is 1.21. The summed E-state index contributed by atoms with van der Waals surface area (Å²) in [5.41, 5.74) is 0.793. The maximum atomic E-state index is 10.9. The van der Waals surface area contributed by atoms with Crippen molar-refractivity contribution in [2.75, 3.05) is 7.11 Å². The summed E-state index contributed by atoms with van der Waals surface area (Å²) in [6, 6.07) is 5.05. The minimum Gasteiger partial charge on any atom is -0.469 e. The first kappa shape index (κ1) is 14.3. The summed E-state index contributed by atoms with van der Waals surface area (Å²) in [5.74, 6) is -0.293. The van der Waals surface area contributed by atoms with Gasteiger partial charge in [-0.15, -0.1) is 0 Å². The highest BCUT2D eigenvalue weighted by Crippen LogP contribution is 2.22. The lowest BCUT2D eigenvalue weighted by molar-refractivity contribution is -0.139. The van der Waals surface area contributed by atoms with Crippen molar-refractivity contribution in [3.63, 3.8) is 0 Å². The normalized spacial score (nSPS) is 8.87. The quantitative estimate of drug-likeness (QED) is 0.746. The lowest BCUT2D eigenvalue weighted by Crippen LogP contribution is -2.04. The first-order chi connectivity index (χ1) is 7.13. The van der Waals surface area contributed by atoms with Crippen LogP contribution in [0, 0.1) is 0 Å². The van der Waals surface area contributed by atoms with E-state index in [0.29, 0.717) is 10.0 Å². The molecule has 1 aromatic carbocycles. The standard InChI is InChI=1S/C9H8Cl2O2.C2H6/c1-13-9(12)5-6-2-3-7(10)8(11)4-6;1-2/h2-4H,5H2,1H3;1-2H3. The zero-order valence-corrected chi connectivity index (χ0v) is 10.5. The third kappa shape index (κ3) is 5.05. The molecule has 0 aliphatic heterocycles. The molecule has 0 radical (unpaired) electrons. The number of esters is 1. The number of hydrogen-bond donors (Lipinski definition) is 0. The Kier molecular flexibility index (Phi) is 7.18. The van der Waals surface area contributed by atoms with Crippen molar-refractivity contribution >= 4 is 29.2 Å². The number of benzene rings is 1. The van der Waals surface area contributed by atoms with Crippen molar-refractivity contribution in [3.8, 4) is 0 Å². The molecule has 0 saturated carbocycles. The van der Waals surface area contributed by atoms with E-state index in [-0.39, 0.29) is 12.4 Å². The molecule has 0 aliphatic carbocycles. The largest absolute Gasteiger partial charge is 0.469 e. The molecule has 0 saturated heterocycles. The fraction of sp³-hybridized carbons (Fsp3) is 0.364.